The summed E-state index contributed by atoms with van der Waals surface area (Å²) in [5.74, 6) is 0.0505. The molecule has 0 aromatic heterocycles. The Balaban J connectivity index is 1.50. The van der Waals surface area contributed by atoms with Crippen LogP contribution in [0.5, 0.6) is 0 Å². The van der Waals surface area contributed by atoms with Crippen molar-refractivity contribution in [3.8, 4) is 0 Å². The predicted molar refractivity (Wildman–Crippen MR) is 129 cm³/mol. The first kappa shape index (κ1) is 23.6. The fourth-order valence-electron chi connectivity index (χ4n) is 8.90. The number of fused-ring (bicyclic) bond motifs is 3. The number of carbonyl (C=O) groups excluding carboxylic acids is 2. The van der Waals surface area contributed by atoms with Crippen LogP contribution >= 0.6 is 0 Å². The number of hydrogen-bond acceptors (Lipinski definition) is 5. The summed E-state index contributed by atoms with van der Waals surface area (Å²) in [5, 5.41) is 11.7. The second kappa shape index (κ2) is 8.22. The lowest BCUT2D eigenvalue weighted by Crippen LogP contribution is -2.63. The molecular formula is C29H38O5. The zero-order valence-corrected chi connectivity index (χ0v) is 20.7. The molecule has 34 heavy (non-hydrogen) atoms. The standard InChI is InChI=1S/C29H38O5/c1-18-21-11-12-23-28(4)15-8-14-27(3,17-33-19(2)30)22(28)13-16-29(23,24(21)31)25(18)34-26(32)20-9-6-5-7-10-20/h5-7,9-10,21-25,31H,1,8,11-17H2,2-4H3/t21-,22+,23-,24+,25+,27+,28+,29-/m0/s1. The third-order valence-corrected chi connectivity index (χ3v) is 10.3. The van der Waals surface area contributed by atoms with Crippen molar-refractivity contribution in [3.63, 3.8) is 0 Å². The van der Waals surface area contributed by atoms with E-state index < -0.39 is 17.6 Å². The zero-order valence-electron chi connectivity index (χ0n) is 20.7. The van der Waals surface area contributed by atoms with Crippen molar-refractivity contribution < 1.29 is 24.2 Å². The number of aliphatic hydroxyl groups excluding tert-OH is 1. The van der Waals surface area contributed by atoms with E-state index in [0.717, 1.165) is 50.5 Å². The Kier molecular flexibility index (Phi) is 5.70. The van der Waals surface area contributed by atoms with Crippen molar-refractivity contribution in [2.75, 3.05) is 6.61 Å². The number of esters is 2. The van der Waals surface area contributed by atoms with Crippen LogP contribution in [0.2, 0.25) is 0 Å². The molecule has 4 aliphatic carbocycles. The Labute approximate surface area is 202 Å². The quantitative estimate of drug-likeness (QED) is 0.480. The molecule has 5 heteroatoms. The van der Waals surface area contributed by atoms with Gasteiger partial charge in [-0.25, -0.2) is 4.79 Å². The maximum absolute atomic E-state index is 13.1. The van der Waals surface area contributed by atoms with Crippen molar-refractivity contribution in [3.05, 3.63) is 48.0 Å². The van der Waals surface area contributed by atoms with E-state index in [9.17, 15) is 14.7 Å². The molecule has 5 nitrogen and oxygen atoms in total. The summed E-state index contributed by atoms with van der Waals surface area (Å²) in [7, 11) is 0. The van der Waals surface area contributed by atoms with Crippen molar-refractivity contribution >= 4 is 11.9 Å². The van der Waals surface area contributed by atoms with Gasteiger partial charge in [0.25, 0.3) is 0 Å². The van der Waals surface area contributed by atoms with Crippen LogP contribution in [-0.2, 0) is 14.3 Å². The molecule has 1 N–H and O–H groups in total. The second-order valence-electron chi connectivity index (χ2n) is 11.9. The number of hydrogen-bond donors (Lipinski definition) is 1. The third-order valence-electron chi connectivity index (χ3n) is 10.3. The van der Waals surface area contributed by atoms with E-state index in [1.807, 2.05) is 18.2 Å². The molecule has 4 fully saturated rings. The Bertz CT molecular complexity index is 987. The van der Waals surface area contributed by atoms with Crippen molar-refractivity contribution in [1.82, 2.24) is 0 Å². The van der Waals surface area contributed by atoms with E-state index in [1.54, 1.807) is 12.1 Å². The molecule has 2 bridgehead atoms. The van der Waals surface area contributed by atoms with Crippen LogP contribution in [0.15, 0.2) is 42.5 Å². The normalized spacial score (nSPS) is 42.9. The average Bonchev–Trinajstić information content (AvgIpc) is 2.91. The van der Waals surface area contributed by atoms with Gasteiger partial charge in [-0.1, -0.05) is 45.0 Å². The molecule has 0 unspecified atom stereocenters. The number of aliphatic hydroxyl groups is 1. The fourth-order valence-corrected chi connectivity index (χ4v) is 8.90. The Morgan fingerprint density at radius 3 is 2.50 bits per heavy atom. The van der Waals surface area contributed by atoms with Crippen LogP contribution < -0.4 is 0 Å². The first-order valence-corrected chi connectivity index (χ1v) is 12.9. The predicted octanol–water partition coefficient (Wildman–Crippen LogP) is 5.32. The molecule has 1 aromatic carbocycles. The Morgan fingerprint density at radius 1 is 1.06 bits per heavy atom. The van der Waals surface area contributed by atoms with Gasteiger partial charge in [-0.2, -0.15) is 0 Å². The SMILES string of the molecule is C=C1[C@@H](OC(=O)c2ccccc2)[C@@]23CC[C@@H]4[C@@](C)(COC(C)=O)CCC[C@@]4(C)[C@@H]2CC[C@@H]1[C@H]3O. The number of carbonyl (C=O) groups is 2. The fraction of sp³-hybridized carbons (Fsp3) is 0.655. The zero-order chi connectivity index (χ0) is 24.3. The van der Waals surface area contributed by atoms with Gasteiger partial charge in [0, 0.05) is 23.7 Å². The van der Waals surface area contributed by atoms with Gasteiger partial charge in [0.1, 0.15) is 6.10 Å². The molecule has 5 rings (SSSR count). The Morgan fingerprint density at radius 2 is 1.79 bits per heavy atom. The monoisotopic (exact) mass is 466 g/mol. The topological polar surface area (TPSA) is 72.8 Å². The second-order valence-corrected chi connectivity index (χ2v) is 11.9. The summed E-state index contributed by atoms with van der Waals surface area (Å²) >= 11 is 0. The van der Waals surface area contributed by atoms with Crippen LogP contribution in [0, 0.1) is 34.0 Å². The molecule has 184 valence electrons. The molecule has 4 saturated carbocycles. The van der Waals surface area contributed by atoms with Gasteiger partial charge in [0.05, 0.1) is 18.3 Å². The van der Waals surface area contributed by atoms with Gasteiger partial charge >= 0.3 is 11.9 Å². The minimum absolute atomic E-state index is 0.0130. The minimum Gasteiger partial charge on any atom is -0.465 e. The molecule has 1 aromatic rings. The molecule has 0 radical (unpaired) electrons. The number of benzene rings is 1. The first-order chi connectivity index (χ1) is 16.1. The first-order valence-electron chi connectivity index (χ1n) is 12.9. The van der Waals surface area contributed by atoms with E-state index in [1.165, 1.54) is 6.92 Å². The summed E-state index contributed by atoms with van der Waals surface area (Å²) in [6.45, 7) is 11.0. The van der Waals surface area contributed by atoms with Gasteiger partial charge in [0.2, 0.25) is 0 Å². The summed E-state index contributed by atoms with van der Waals surface area (Å²) in [5.41, 5.74) is 0.841. The summed E-state index contributed by atoms with van der Waals surface area (Å²) in [6.07, 6.45) is 5.84. The van der Waals surface area contributed by atoms with Crippen LogP contribution in [0.1, 0.15) is 76.1 Å². The van der Waals surface area contributed by atoms with E-state index >= 15 is 0 Å². The Hall–Kier alpha value is -2.14. The summed E-state index contributed by atoms with van der Waals surface area (Å²) in [4.78, 5) is 24.8. The molecule has 0 saturated heterocycles. The van der Waals surface area contributed by atoms with Gasteiger partial charge < -0.3 is 14.6 Å². The van der Waals surface area contributed by atoms with Crippen LogP contribution in [0.4, 0.5) is 0 Å². The van der Waals surface area contributed by atoms with E-state index in [4.69, 9.17) is 9.47 Å². The maximum atomic E-state index is 13.1. The van der Waals surface area contributed by atoms with Gasteiger partial charge in [-0.05, 0) is 73.5 Å². The molecule has 0 heterocycles. The molecular weight excluding hydrogens is 428 g/mol. The third kappa shape index (κ3) is 3.30. The van der Waals surface area contributed by atoms with Crippen LogP contribution in [-0.4, -0.2) is 35.9 Å². The van der Waals surface area contributed by atoms with Crippen molar-refractivity contribution in [1.29, 1.82) is 0 Å². The highest BCUT2D eigenvalue weighted by atomic mass is 16.5. The lowest BCUT2D eigenvalue weighted by atomic mass is 9.40. The highest BCUT2D eigenvalue weighted by Gasteiger charge is 2.71. The van der Waals surface area contributed by atoms with Gasteiger partial charge in [-0.15, -0.1) is 0 Å². The number of rotatable bonds is 4. The van der Waals surface area contributed by atoms with Crippen LogP contribution in [0.3, 0.4) is 0 Å². The molecule has 0 aliphatic heterocycles. The smallest absolute Gasteiger partial charge is 0.338 e. The lowest BCUT2D eigenvalue weighted by Gasteiger charge is -2.65. The molecule has 4 aliphatic rings. The summed E-state index contributed by atoms with van der Waals surface area (Å²) < 4.78 is 11.8. The maximum Gasteiger partial charge on any atom is 0.338 e. The van der Waals surface area contributed by atoms with Gasteiger partial charge in [0.15, 0.2) is 0 Å². The van der Waals surface area contributed by atoms with E-state index in [-0.39, 0.29) is 34.6 Å². The van der Waals surface area contributed by atoms with Crippen LogP contribution in [0.25, 0.3) is 0 Å². The van der Waals surface area contributed by atoms with Crippen molar-refractivity contribution in [2.45, 2.75) is 77.9 Å². The average molecular weight is 467 g/mol. The molecule has 8 atom stereocenters. The highest BCUT2D eigenvalue weighted by Crippen LogP contribution is 2.72. The molecule has 0 amide bonds. The summed E-state index contributed by atoms with van der Waals surface area (Å²) in [6, 6.07) is 9.11. The van der Waals surface area contributed by atoms with E-state index in [2.05, 4.69) is 20.4 Å². The largest absolute Gasteiger partial charge is 0.465 e. The molecule has 1 spiro atoms. The number of ether oxygens (including phenoxy) is 2. The minimum atomic E-state index is -0.535. The van der Waals surface area contributed by atoms with Gasteiger partial charge in [-0.3, -0.25) is 4.79 Å². The van der Waals surface area contributed by atoms with Crippen molar-refractivity contribution in [2.24, 2.45) is 34.0 Å². The lowest BCUT2D eigenvalue weighted by molar-refractivity contribution is -0.214. The van der Waals surface area contributed by atoms with E-state index in [0.29, 0.717) is 18.1 Å². The highest BCUT2D eigenvalue weighted by molar-refractivity contribution is 5.89.